The molecule has 0 aromatic heterocycles. The summed E-state index contributed by atoms with van der Waals surface area (Å²) in [5, 5.41) is 0. The lowest BCUT2D eigenvalue weighted by Gasteiger charge is -2.44. The number of benzene rings is 1. The SMILES string of the molecule is CC(C)c1ccc2c(c1)C1(CN(C)C1)OC2=O. The highest BCUT2D eigenvalue weighted by atomic mass is 16.6. The first-order valence-electron chi connectivity index (χ1n) is 6.08. The lowest BCUT2D eigenvalue weighted by molar-refractivity contribution is -0.0943. The molecule has 17 heavy (non-hydrogen) atoms. The number of likely N-dealkylation sites (tertiary alicyclic amines) is 1. The second-order valence-electron chi connectivity index (χ2n) is 5.52. The molecule has 2 aliphatic heterocycles. The Balaban J connectivity index is 2.08. The number of rotatable bonds is 1. The molecule has 1 spiro atoms. The first kappa shape index (κ1) is 10.8. The van der Waals surface area contributed by atoms with Gasteiger partial charge >= 0.3 is 5.97 Å². The third-order valence-electron chi connectivity index (χ3n) is 3.76. The van der Waals surface area contributed by atoms with E-state index in [2.05, 4.69) is 24.8 Å². The van der Waals surface area contributed by atoms with E-state index < -0.39 is 0 Å². The molecule has 1 fully saturated rings. The van der Waals surface area contributed by atoms with Crippen LogP contribution >= 0.6 is 0 Å². The molecule has 0 N–H and O–H groups in total. The van der Waals surface area contributed by atoms with Gasteiger partial charge in [-0.2, -0.15) is 0 Å². The van der Waals surface area contributed by atoms with Gasteiger partial charge in [0.25, 0.3) is 0 Å². The highest BCUT2D eigenvalue weighted by molar-refractivity contribution is 5.95. The summed E-state index contributed by atoms with van der Waals surface area (Å²) in [5.74, 6) is 0.314. The zero-order valence-corrected chi connectivity index (χ0v) is 10.5. The third-order valence-corrected chi connectivity index (χ3v) is 3.76. The molecular weight excluding hydrogens is 214 g/mol. The monoisotopic (exact) mass is 231 g/mol. The number of carbonyl (C=O) groups is 1. The van der Waals surface area contributed by atoms with E-state index in [-0.39, 0.29) is 11.6 Å². The fraction of sp³-hybridized carbons (Fsp3) is 0.500. The Labute approximate surface area is 101 Å². The maximum absolute atomic E-state index is 11.8. The van der Waals surface area contributed by atoms with E-state index in [0.717, 1.165) is 24.2 Å². The molecule has 2 aliphatic rings. The standard InChI is InChI=1S/C14H17NO2/c1-9(2)10-4-5-11-12(6-10)14(17-13(11)16)7-15(3)8-14/h4-6,9H,7-8H2,1-3H3. The first-order valence-corrected chi connectivity index (χ1v) is 6.08. The lowest BCUT2D eigenvalue weighted by Crippen LogP contribution is -2.57. The zero-order valence-electron chi connectivity index (χ0n) is 10.5. The van der Waals surface area contributed by atoms with E-state index >= 15 is 0 Å². The van der Waals surface area contributed by atoms with Crippen LogP contribution in [0.2, 0.25) is 0 Å². The fourth-order valence-corrected chi connectivity index (χ4v) is 2.82. The van der Waals surface area contributed by atoms with E-state index in [9.17, 15) is 4.79 Å². The molecule has 1 aromatic carbocycles. The van der Waals surface area contributed by atoms with E-state index in [4.69, 9.17) is 4.74 Å². The van der Waals surface area contributed by atoms with E-state index in [1.165, 1.54) is 5.56 Å². The van der Waals surface area contributed by atoms with Gasteiger partial charge in [-0.05, 0) is 24.6 Å². The van der Waals surface area contributed by atoms with E-state index in [1.807, 2.05) is 19.2 Å². The molecule has 3 rings (SSSR count). The van der Waals surface area contributed by atoms with Gasteiger partial charge < -0.3 is 4.74 Å². The summed E-state index contributed by atoms with van der Waals surface area (Å²) in [6.45, 7) is 5.96. The van der Waals surface area contributed by atoms with Crippen LogP contribution in [0.1, 0.15) is 41.3 Å². The van der Waals surface area contributed by atoms with Crippen molar-refractivity contribution >= 4 is 5.97 Å². The van der Waals surface area contributed by atoms with Gasteiger partial charge in [0.05, 0.1) is 5.56 Å². The van der Waals surface area contributed by atoms with Crippen LogP contribution in [-0.2, 0) is 10.3 Å². The van der Waals surface area contributed by atoms with Crippen LogP contribution in [0.25, 0.3) is 0 Å². The molecule has 90 valence electrons. The largest absolute Gasteiger partial charge is 0.448 e. The van der Waals surface area contributed by atoms with Gasteiger partial charge in [0, 0.05) is 18.7 Å². The summed E-state index contributed by atoms with van der Waals surface area (Å²) in [6.07, 6.45) is 0. The average molecular weight is 231 g/mol. The molecule has 0 bridgehead atoms. The van der Waals surface area contributed by atoms with Gasteiger partial charge in [0.2, 0.25) is 0 Å². The molecule has 2 heterocycles. The maximum Gasteiger partial charge on any atom is 0.339 e. The van der Waals surface area contributed by atoms with Crippen LogP contribution < -0.4 is 0 Å². The Hall–Kier alpha value is -1.35. The predicted octanol–water partition coefficient (Wildman–Crippen LogP) is 2.12. The highest BCUT2D eigenvalue weighted by Gasteiger charge is 2.52. The molecule has 0 unspecified atom stereocenters. The Morgan fingerprint density at radius 3 is 2.65 bits per heavy atom. The molecule has 1 aromatic rings. The molecule has 3 heteroatoms. The topological polar surface area (TPSA) is 29.5 Å². The fourth-order valence-electron chi connectivity index (χ4n) is 2.82. The predicted molar refractivity (Wildman–Crippen MR) is 65.1 cm³/mol. The minimum Gasteiger partial charge on any atom is -0.448 e. The number of carbonyl (C=O) groups excluding carboxylic acids is 1. The van der Waals surface area contributed by atoms with Crippen molar-refractivity contribution in [3.63, 3.8) is 0 Å². The maximum atomic E-state index is 11.8. The Bertz CT molecular complexity index is 487. The molecule has 0 amide bonds. The number of ether oxygens (including phenoxy) is 1. The Morgan fingerprint density at radius 2 is 2.06 bits per heavy atom. The van der Waals surface area contributed by atoms with Crippen molar-refractivity contribution in [1.29, 1.82) is 0 Å². The number of likely N-dealkylation sites (N-methyl/N-ethyl adjacent to an activating group) is 1. The number of esters is 1. The molecule has 3 nitrogen and oxygen atoms in total. The number of fused-ring (bicyclic) bond motifs is 2. The summed E-state index contributed by atoms with van der Waals surface area (Å²) in [5.41, 5.74) is 2.76. The number of hydrogen-bond acceptors (Lipinski definition) is 3. The van der Waals surface area contributed by atoms with Crippen molar-refractivity contribution in [2.75, 3.05) is 20.1 Å². The summed E-state index contributed by atoms with van der Waals surface area (Å²) < 4.78 is 5.58. The minimum absolute atomic E-state index is 0.164. The minimum atomic E-state index is -0.355. The number of hydrogen-bond donors (Lipinski definition) is 0. The van der Waals surface area contributed by atoms with Crippen molar-refractivity contribution in [2.45, 2.75) is 25.4 Å². The first-order chi connectivity index (χ1) is 8.02. The van der Waals surface area contributed by atoms with Crippen LogP contribution in [0.15, 0.2) is 18.2 Å². The normalized spacial score (nSPS) is 21.5. The average Bonchev–Trinajstić information content (AvgIpc) is 2.52. The van der Waals surface area contributed by atoms with Crippen LogP contribution in [0.5, 0.6) is 0 Å². The van der Waals surface area contributed by atoms with Crippen LogP contribution in [0.3, 0.4) is 0 Å². The van der Waals surface area contributed by atoms with Crippen molar-refractivity contribution in [1.82, 2.24) is 4.90 Å². The van der Waals surface area contributed by atoms with Crippen molar-refractivity contribution in [3.05, 3.63) is 34.9 Å². The third kappa shape index (κ3) is 1.42. The van der Waals surface area contributed by atoms with Gasteiger partial charge in [-0.15, -0.1) is 0 Å². The molecule has 0 atom stereocenters. The van der Waals surface area contributed by atoms with Gasteiger partial charge in [0.1, 0.15) is 0 Å². The van der Waals surface area contributed by atoms with Gasteiger partial charge in [-0.25, -0.2) is 4.79 Å². The molecular formula is C14H17NO2. The Kier molecular flexibility index (Phi) is 2.11. The Morgan fingerprint density at radius 1 is 1.35 bits per heavy atom. The molecule has 0 radical (unpaired) electrons. The van der Waals surface area contributed by atoms with Crippen molar-refractivity contribution in [3.8, 4) is 0 Å². The summed E-state index contributed by atoms with van der Waals surface area (Å²) in [7, 11) is 2.05. The zero-order chi connectivity index (χ0) is 12.2. The van der Waals surface area contributed by atoms with Gasteiger partial charge in [-0.1, -0.05) is 26.0 Å². The van der Waals surface area contributed by atoms with E-state index in [1.54, 1.807) is 0 Å². The molecule has 0 aliphatic carbocycles. The second kappa shape index (κ2) is 3.33. The smallest absolute Gasteiger partial charge is 0.339 e. The van der Waals surface area contributed by atoms with E-state index in [0.29, 0.717) is 5.92 Å². The van der Waals surface area contributed by atoms with Crippen LogP contribution in [0, 0.1) is 0 Å². The van der Waals surface area contributed by atoms with Crippen LogP contribution in [-0.4, -0.2) is 31.0 Å². The lowest BCUT2D eigenvalue weighted by atomic mass is 9.83. The van der Waals surface area contributed by atoms with Gasteiger partial charge in [0.15, 0.2) is 5.60 Å². The van der Waals surface area contributed by atoms with Crippen molar-refractivity contribution in [2.24, 2.45) is 0 Å². The molecule has 1 saturated heterocycles. The highest BCUT2D eigenvalue weighted by Crippen LogP contribution is 2.43. The summed E-state index contributed by atoms with van der Waals surface area (Å²) in [6, 6.07) is 6.10. The summed E-state index contributed by atoms with van der Waals surface area (Å²) >= 11 is 0. The summed E-state index contributed by atoms with van der Waals surface area (Å²) in [4.78, 5) is 14.0. The molecule has 0 saturated carbocycles. The van der Waals surface area contributed by atoms with Gasteiger partial charge in [-0.3, -0.25) is 4.90 Å². The second-order valence-corrected chi connectivity index (χ2v) is 5.52. The van der Waals surface area contributed by atoms with Crippen LogP contribution in [0.4, 0.5) is 0 Å². The van der Waals surface area contributed by atoms with Crippen molar-refractivity contribution < 1.29 is 9.53 Å². The number of nitrogens with zero attached hydrogens (tertiary/aromatic N) is 1. The quantitative estimate of drug-likeness (QED) is 0.693.